The number of hydrogen-bond acceptors (Lipinski definition) is 1. The average molecular weight is 217 g/mol. The number of hydrogen-bond donors (Lipinski definition) is 0. The Hall–Kier alpha value is 0.440. The van der Waals surface area contributed by atoms with Crippen LogP contribution in [0.3, 0.4) is 0 Å². The van der Waals surface area contributed by atoms with Gasteiger partial charge in [-0.1, -0.05) is 15.9 Å². The van der Waals surface area contributed by atoms with Crippen molar-refractivity contribution >= 4 is 15.9 Å². The van der Waals surface area contributed by atoms with Crippen LogP contribution in [-0.4, -0.2) is 18.0 Å². The quantitative estimate of drug-likeness (QED) is 0.564. The first-order valence-corrected chi connectivity index (χ1v) is 5.49. The molecule has 1 unspecified atom stereocenters. The van der Waals surface area contributed by atoms with Gasteiger partial charge in [0.1, 0.15) is 0 Å². The van der Waals surface area contributed by atoms with E-state index in [1.54, 1.807) is 0 Å². The molecule has 11 heavy (non-hydrogen) atoms. The van der Waals surface area contributed by atoms with E-state index in [1.165, 1.54) is 12.8 Å². The predicted octanol–water partition coefficient (Wildman–Crippen LogP) is 2.05. The highest BCUT2D eigenvalue weighted by Crippen LogP contribution is 2.56. The van der Waals surface area contributed by atoms with Crippen molar-refractivity contribution in [3.63, 3.8) is 0 Å². The summed E-state index contributed by atoms with van der Waals surface area (Å²) in [7, 11) is 0. The van der Waals surface area contributed by atoms with Gasteiger partial charge < -0.3 is 4.74 Å². The zero-order valence-electron chi connectivity index (χ0n) is 6.50. The molecule has 0 aromatic rings. The molecule has 1 aliphatic heterocycles. The molecule has 3 fully saturated rings. The van der Waals surface area contributed by atoms with E-state index in [2.05, 4.69) is 15.9 Å². The van der Waals surface area contributed by atoms with Gasteiger partial charge in [0.15, 0.2) is 0 Å². The Morgan fingerprint density at radius 1 is 1.00 bits per heavy atom. The monoisotopic (exact) mass is 216 g/mol. The Morgan fingerprint density at radius 2 is 1.82 bits per heavy atom. The summed E-state index contributed by atoms with van der Waals surface area (Å²) in [5.74, 6) is 3.80. The summed E-state index contributed by atoms with van der Waals surface area (Å²) in [6.07, 6.45) is 2.89. The lowest BCUT2D eigenvalue weighted by Crippen LogP contribution is -2.26. The van der Waals surface area contributed by atoms with E-state index in [0.29, 0.717) is 0 Å². The van der Waals surface area contributed by atoms with Crippen molar-refractivity contribution in [3.8, 4) is 0 Å². The molecule has 3 rings (SSSR count). The molecule has 2 heteroatoms. The first-order valence-electron chi connectivity index (χ1n) is 4.58. The Kier molecular flexibility index (Phi) is 1.40. The van der Waals surface area contributed by atoms with Crippen LogP contribution in [0, 0.1) is 23.7 Å². The second-order valence-electron chi connectivity index (χ2n) is 4.28. The minimum absolute atomic E-state index is 0.815. The summed E-state index contributed by atoms with van der Waals surface area (Å²) in [6, 6.07) is 0. The van der Waals surface area contributed by atoms with Crippen molar-refractivity contribution in [3.05, 3.63) is 0 Å². The summed E-state index contributed by atoms with van der Waals surface area (Å²) in [5.41, 5.74) is 0. The van der Waals surface area contributed by atoms with Gasteiger partial charge in [0.2, 0.25) is 0 Å². The van der Waals surface area contributed by atoms with Crippen molar-refractivity contribution in [2.45, 2.75) is 17.7 Å². The Balaban J connectivity index is 1.90. The van der Waals surface area contributed by atoms with E-state index in [1.807, 2.05) is 0 Å². The smallest absolute Gasteiger partial charge is 0.0501 e. The Morgan fingerprint density at radius 3 is 2.73 bits per heavy atom. The molecular formula is C9H13BrO. The van der Waals surface area contributed by atoms with Crippen LogP contribution in [-0.2, 0) is 4.74 Å². The normalized spacial score (nSPS) is 60.3. The maximum absolute atomic E-state index is 5.52. The highest BCUT2D eigenvalue weighted by molar-refractivity contribution is 9.09. The first-order chi connectivity index (χ1) is 5.36. The fourth-order valence-electron chi connectivity index (χ4n) is 3.36. The molecule has 2 bridgehead atoms. The molecule has 3 aliphatic rings. The number of halogens is 1. The van der Waals surface area contributed by atoms with E-state index in [9.17, 15) is 0 Å². The summed E-state index contributed by atoms with van der Waals surface area (Å²) in [4.78, 5) is 0.815. The molecule has 0 aromatic carbocycles. The van der Waals surface area contributed by atoms with Gasteiger partial charge in [-0.05, 0) is 36.5 Å². The van der Waals surface area contributed by atoms with Crippen LogP contribution in [0.25, 0.3) is 0 Å². The highest BCUT2D eigenvalue weighted by Gasteiger charge is 2.53. The third-order valence-corrected chi connectivity index (χ3v) is 4.95. The molecule has 1 nitrogen and oxygen atoms in total. The molecule has 2 aliphatic carbocycles. The predicted molar refractivity (Wildman–Crippen MR) is 46.7 cm³/mol. The molecule has 0 amide bonds. The number of alkyl halides is 1. The third-order valence-electron chi connectivity index (χ3n) is 3.89. The first kappa shape index (κ1) is 6.90. The van der Waals surface area contributed by atoms with Crippen LogP contribution < -0.4 is 0 Å². The van der Waals surface area contributed by atoms with Crippen LogP contribution in [0.4, 0.5) is 0 Å². The summed E-state index contributed by atoms with van der Waals surface area (Å²) in [5, 5.41) is 0. The number of rotatable bonds is 0. The van der Waals surface area contributed by atoms with Gasteiger partial charge in [0, 0.05) is 4.83 Å². The second kappa shape index (κ2) is 2.23. The third kappa shape index (κ3) is 0.803. The Labute approximate surface area is 75.6 Å². The zero-order chi connectivity index (χ0) is 7.42. The van der Waals surface area contributed by atoms with Gasteiger partial charge in [-0.2, -0.15) is 0 Å². The largest absolute Gasteiger partial charge is 0.381 e. The van der Waals surface area contributed by atoms with E-state index in [0.717, 1.165) is 41.7 Å². The molecule has 1 heterocycles. The molecule has 0 spiro atoms. The molecule has 5 atom stereocenters. The molecule has 0 aromatic heterocycles. The van der Waals surface area contributed by atoms with Crippen LogP contribution in [0.5, 0.6) is 0 Å². The van der Waals surface area contributed by atoms with Crippen LogP contribution in [0.2, 0.25) is 0 Å². The average Bonchev–Trinajstić information content (AvgIpc) is 2.52. The van der Waals surface area contributed by atoms with Crippen molar-refractivity contribution in [1.29, 1.82) is 0 Å². The van der Waals surface area contributed by atoms with Crippen LogP contribution in [0.15, 0.2) is 0 Å². The van der Waals surface area contributed by atoms with Crippen molar-refractivity contribution in [2.24, 2.45) is 23.7 Å². The fourth-order valence-corrected chi connectivity index (χ4v) is 4.45. The molecule has 2 saturated carbocycles. The highest BCUT2D eigenvalue weighted by atomic mass is 79.9. The molecule has 0 N–H and O–H groups in total. The maximum Gasteiger partial charge on any atom is 0.0501 e. The van der Waals surface area contributed by atoms with Crippen molar-refractivity contribution in [1.82, 2.24) is 0 Å². The van der Waals surface area contributed by atoms with Gasteiger partial charge in [0.25, 0.3) is 0 Å². The minimum atomic E-state index is 0.815. The van der Waals surface area contributed by atoms with Crippen molar-refractivity contribution in [2.75, 3.05) is 13.2 Å². The molecular weight excluding hydrogens is 204 g/mol. The van der Waals surface area contributed by atoms with E-state index in [4.69, 9.17) is 4.74 Å². The molecule has 62 valence electrons. The SMILES string of the molecule is BrC1C[C@H]2C[C@H]1[C@H]1COC[C@@H]21. The van der Waals surface area contributed by atoms with E-state index in [-0.39, 0.29) is 0 Å². The minimum Gasteiger partial charge on any atom is -0.381 e. The number of fused-ring (bicyclic) bond motifs is 5. The second-order valence-corrected chi connectivity index (χ2v) is 5.45. The van der Waals surface area contributed by atoms with Gasteiger partial charge in [-0.3, -0.25) is 0 Å². The maximum atomic E-state index is 5.52. The topological polar surface area (TPSA) is 9.23 Å². The van der Waals surface area contributed by atoms with Crippen molar-refractivity contribution < 1.29 is 4.74 Å². The summed E-state index contributed by atoms with van der Waals surface area (Å²) >= 11 is 3.78. The zero-order valence-corrected chi connectivity index (χ0v) is 8.09. The van der Waals surface area contributed by atoms with Crippen LogP contribution in [0.1, 0.15) is 12.8 Å². The molecule has 1 saturated heterocycles. The number of ether oxygens (including phenoxy) is 1. The van der Waals surface area contributed by atoms with Gasteiger partial charge in [-0.15, -0.1) is 0 Å². The summed E-state index contributed by atoms with van der Waals surface area (Å²) < 4.78 is 5.52. The van der Waals surface area contributed by atoms with Gasteiger partial charge >= 0.3 is 0 Å². The van der Waals surface area contributed by atoms with Gasteiger partial charge in [-0.25, -0.2) is 0 Å². The molecule has 0 radical (unpaired) electrons. The fraction of sp³-hybridized carbons (Fsp3) is 1.00. The Bertz CT molecular complexity index is 182. The lowest BCUT2D eigenvalue weighted by Gasteiger charge is -2.26. The van der Waals surface area contributed by atoms with E-state index < -0.39 is 0 Å². The summed E-state index contributed by atoms with van der Waals surface area (Å²) in [6.45, 7) is 2.11. The lowest BCUT2D eigenvalue weighted by atomic mass is 9.82. The van der Waals surface area contributed by atoms with Gasteiger partial charge in [0.05, 0.1) is 13.2 Å². The van der Waals surface area contributed by atoms with E-state index >= 15 is 0 Å². The standard InChI is InChI=1S/C9H13BrO/c10-9-2-5-1-6(9)8-4-11-3-7(5)8/h5-9H,1-4H2/t5-,6+,7+,8-,9?/m1/s1. The van der Waals surface area contributed by atoms with Crippen LogP contribution >= 0.6 is 15.9 Å². The lowest BCUT2D eigenvalue weighted by molar-refractivity contribution is 0.164.